The third-order valence-electron chi connectivity index (χ3n) is 3.35. The molecule has 0 aliphatic rings. The fraction of sp³-hybridized carbons (Fsp3) is 0.357. The molecule has 2 N–H and O–H groups in total. The number of thiophene rings is 1. The lowest BCUT2D eigenvalue weighted by atomic mass is 10.2. The molecular formula is C14H15N5O3S2. The number of nitrogens with zero attached hydrogens (tertiary/aromatic N) is 3. The fourth-order valence-electron chi connectivity index (χ4n) is 2.22. The summed E-state index contributed by atoms with van der Waals surface area (Å²) < 4.78 is 5.03. The number of fused-ring (bicyclic) bond motifs is 1. The van der Waals surface area contributed by atoms with Gasteiger partial charge in [-0.05, 0) is 26.3 Å². The molecule has 0 aromatic carbocycles. The highest BCUT2D eigenvalue weighted by Gasteiger charge is 2.21. The number of thioether (sulfide) groups is 1. The van der Waals surface area contributed by atoms with Crippen LogP contribution in [-0.2, 0) is 4.74 Å². The van der Waals surface area contributed by atoms with Gasteiger partial charge in [0.15, 0.2) is 5.16 Å². The molecule has 10 heteroatoms. The second-order valence-electron chi connectivity index (χ2n) is 4.96. The van der Waals surface area contributed by atoms with E-state index in [1.165, 1.54) is 29.4 Å². The van der Waals surface area contributed by atoms with Crippen LogP contribution < -0.4 is 5.56 Å². The number of carbonyl (C=O) groups is 1. The molecule has 0 aliphatic heterocycles. The summed E-state index contributed by atoms with van der Waals surface area (Å²) in [7, 11) is 0. The van der Waals surface area contributed by atoms with Crippen molar-refractivity contribution in [2.24, 2.45) is 0 Å². The molecule has 0 bridgehead atoms. The van der Waals surface area contributed by atoms with E-state index >= 15 is 0 Å². The third-order valence-corrected chi connectivity index (χ3v) is 5.51. The van der Waals surface area contributed by atoms with Crippen molar-refractivity contribution in [1.82, 2.24) is 25.1 Å². The highest BCUT2D eigenvalue weighted by molar-refractivity contribution is 7.99. The first kappa shape index (κ1) is 16.7. The van der Waals surface area contributed by atoms with Gasteiger partial charge in [-0.3, -0.25) is 9.89 Å². The molecule has 0 amide bonds. The summed E-state index contributed by atoms with van der Waals surface area (Å²) in [5.41, 5.74) is 0.341. The summed E-state index contributed by atoms with van der Waals surface area (Å²) in [6.45, 7) is 5.66. The van der Waals surface area contributed by atoms with E-state index in [-0.39, 0.29) is 17.4 Å². The molecule has 3 aromatic rings. The standard InChI is InChI=1S/C14H15N5O3S2/c1-4-22-13(21)9-6(2)8-11(20)17-10(18-12(8)24-9)7(3)23-14-15-5-16-19-14/h5,7H,4H2,1-3H3,(H,15,16,19)(H,17,18,20)/t7-/m0/s1. The van der Waals surface area contributed by atoms with Crippen LogP contribution in [0.1, 0.15) is 40.2 Å². The van der Waals surface area contributed by atoms with Crippen LogP contribution in [0.2, 0.25) is 0 Å². The van der Waals surface area contributed by atoms with Crippen LogP contribution in [0.15, 0.2) is 16.3 Å². The van der Waals surface area contributed by atoms with Crippen LogP contribution in [0.4, 0.5) is 0 Å². The largest absolute Gasteiger partial charge is 0.462 e. The highest BCUT2D eigenvalue weighted by atomic mass is 32.2. The van der Waals surface area contributed by atoms with Gasteiger partial charge in [-0.15, -0.1) is 11.3 Å². The quantitative estimate of drug-likeness (QED) is 0.527. The summed E-state index contributed by atoms with van der Waals surface area (Å²) >= 11 is 2.57. The predicted octanol–water partition coefficient (Wildman–Crippen LogP) is 2.44. The average molecular weight is 365 g/mol. The minimum Gasteiger partial charge on any atom is -0.462 e. The van der Waals surface area contributed by atoms with Crippen molar-refractivity contribution in [3.63, 3.8) is 0 Å². The number of hydrogen-bond acceptors (Lipinski definition) is 8. The van der Waals surface area contributed by atoms with Crippen molar-refractivity contribution >= 4 is 39.3 Å². The number of carbonyl (C=O) groups excluding carboxylic acids is 1. The van der Waals surface area contributed by atoms with Crippen LogP contribution >= 0.6 is 23.1 Å². The number of hydrogen-bond donors (Lipinski definition) is 2. The van der Waals surface area contributed by atoms with Crippen LogP contribution in [0.5, 0.6) is 0 Å². The summed E-state index contributed by atoms with van der Waals surface area (Å²) in [5, 5.41) is 7.48. The van der Waals surface area contributed by atoms with Gasteiger partial charge in [0.25, 0.3) is 5.56 Å². The Kier molecular flexibility index (Phi) is 4.67. The zero-order chi connectivity index (χ0) is 17.3. The van der Waals surface area contributed by atoms with Gasteiger partial charge in [0.2, 0.25) is 0 Å². The van der Waals surface area contributed by atoms with Gasteiger partial charge >= 0.3 is 5.97 Å². The molecule has 8 nitrogen and oxygen atoms in total. The van der Waals surface area contributed by atoms with Crippen molar-refractivity contribution < 1.29 is 9.53 Å². The van der Waals surface area contributed by atoms with E-state index in [0.717, 1.165) is 0 Å². The van der Waals surface area contributed by atoms with Gasteiger partial charge in [-0.2, -0.15) is 5.10 Å². The zero-order valence-electron chi connectivity index (χ0n) is 13.2. The molecular weight excluding hydrogens is 350 g/mol. The summed E-state index contributed by atoms with van der Waals surface area (Å²) in [5.74, 6) is 0.0913. The van der Waals surface area contributed by atoms with E-state index in [2.05, 4.69) is 25.1 Å². The van der Waals surface area contributed by atoms with Gasteiger partial charge in [-0.25, -0.2) is 14.8 Å². The summed E-state index contributed by atoms with van der Waals surface area (Å²) in [6, 6.07) is 0. The number of nitrogens with one attached hydrogen (secondary N) is 2. The fourth-order valence-corrected chi connectivity index (χ4v) is 4.07. The van der Waals surface area contributed by atoms with Crippen molar-refractivity contribution in [2.45, 2.75) is 31.2 Å². The minimum absolute atomic E-state index is 0.136. The maximum atomic E-state index is 12.4. The van der Waals surface area contributed by atoms with Gasteiger partial charge in [0, 0.05) is 0 Å². The number of aromatic nitrogens is 5. The van der Waals surface area contributed by atoms with E-state index in [1.807, 2.05) is 6.92 Å². The third kappa shape index (κ3) is 3.06. The van der Waals surface area contributed by atoms with Crippen molar-refractivity contribution in [2.75, 3.05) is 6.61 Å². The van der Waals surface area contributed by atoms with Crippen LogP contribution in [0.25, 0.3) is 10.2 Å². The number of aromatic amines is 2. The second-order valence-corrected chi connectivity index (χ2v) is 7.29. The Bertz CT molecular complexity index is 932. The number of rotatable bonds is 5. The zero-order valence-corrected chi connectivity index (χ0v) is 14.9. The molecule has 126 valence electrons. The highest BCUT2D eigenvalue weighted by Crippen LogP contribution is 2.32. The molecule has 0 aliphatic carbocycles. The number of ether oxygens (including phenoxy) is 1. The monoisotopic (exact) mass is 365 g/mol. The summed E-state index contributed by atoms with van der Waals surface area (Å²) in [4.78, 5) is 36.7. The van der Waals surface area contributed by atoms with Gasteiger partial charge < -0.3 is 9.72 Å². The molecule has 3 aromatic heterocycles. The van der Waals surface area contributed by atoms with E-state index in [1.54, 1.807) is 13.8 Å². The van der Waals surface area contributed by atoms with Gasteiger partial charge in [0.05, 0.1) is 17.2 Å². The van der Waals surface area contributed by atoms with Crippen molar-refractivity contribution in [3.8, 4) is 0 Å². The molecule has 0 fully saturated rings. The Morgan fingerprint density at radius 1 is 1.50 bits per heavy atom. The van der Waals surface area contributed by atoms with E-state index in [4.69, 9.17) is 4.74 Å². The molecule has 0 saturated carbocycles. The molecule has 1 atom stereocenters. The average Bonchev–Trinajstić information content (AvgIpc) is 3.15. The van der Waals surface area contributed by atoms with E-state index < -0.39 is 5.97 Å². The summed E-state index contributed by atoms with van der Waals surface area (Å²) in [6.07, 6.45) is 1.42. The SMILES string of the molecule is CCOC(=O)c1sc2nc([C@H](C)Sc3ncn[nH]3)[nH]c(=O)c2c1C. The van der Waals surface area contributed by atoms with Crippen LogP contribution in [-0.4, -0.2) is 37.7 Å². The number of H-pyrrole nitrogens is 2. The van der Waals surface area contributed by atoms with Crippen molar-refractivity contribution in [3.05, 3.63) is 32.9 Å². The Hall–Kier alpha value is -2.20. The molecule has 0 spiro atoms. The number of esters is 1. The maximum Gasteiger partial charge on any atom is 0.348 e. The lowest BCUT2D eigenvalue weighted by Gasteiger charge is -2.07. The lowest BCUT2D eigenvalue weighted by molar-refractivity contribution is 0.0531. The topological polar surface area (TPSA) is 114 Å². The van der Waals surface area contributed by atoms with Gasteiger partial charge in [0.1, 0.15) is 21.9 Å². The lowest BCUT2D eigenvalue weighted by Crippen LogP contribution is -2.13. The Morgan fingerprint density at radius 2 is 2.29 bits per heavy atom. The molecule has 0 saturated heterocycles. The smallest absolute Gasteiger partial charge is 0.348 e. The van der Waals surface area contributed by atoms with E-state index in [9.17, 15) is 9.59 Å². The number of aryl methyl sites for hydroxylation is 1. The Balaban J connectivity index is 2.00. The van der Waals surface area contributed by atoms with E-state index in [0.29, 0.717) is 31.6 Å². The van der Waals surface area contributed by atoms with Crippen LogP contribution in [0, 0.1) is 6.92 Å². The predicted molar refractivity (Wildman–Crippen MR) is 91.6 cm³/mol. The normalized spacial score (nSPS) is 12.5. The molecule has 24 heavy (non-hydrogen) atoms. The van der Waals surface area contributed by atoms with Gasteiger partial charge in [-0.1, -0.05) is 11.8 Å². The van der Waals surface area contributed by atoms with Crippen LogP contribution in [0.3, 0.4) is 0 Å². The molecule has 0 radical (unpaired) electrons. The molecule has 3 rings (SSSR count). The maximum absolute atomic E-state index is 12.4. The first-order valence-corrected chi connectivity index (χ1v) is 8.93. The Labute approximate surface area is 145 Å². The minimum atomic E-state index is -0.428. The first-order valence-electron chi connectivity index (χ1n) is 7.23. The molecule has 0 unspecified atom stereocenters. The van der Waals surface area contributed by atoms with Crippen molar-refractivity contribution in [1.29, 1.82) is 0 Å². The first-order chi connectivity index (χ1) is 11.5. The second kappa shape index (κ2) is 6.73. The Morgan fingerprint density at radius 3 is 2.96 bits per heavy atom. The molecule has 3 heterocycles.